The van der Waals surface area contributed by atoms with Gasteiger partial charge in [-0.1, -0.05) is 24.4 Å². The van der Waals surface area contributed by atoms with Gasteiger partial charge in [0.1, 0.15) is 22.8 Å². The van der Waals surface area contributed by atoms with Gasteiger partial charge in [-0.2, -0.15) is 31.6 Å². The van der Waals surface area contributed by atoms with Gasteiger partial charge in [0.25, 0.3) is 11.8 Å². The van der Waals surface area contributed by atoms with Gasteiger partial charge in [-0.05, 0) is 98.6 Å². The summed E-state index contributed by atoms with van der Waals surface area (Å²) in [6.45, 7) is 1.98. The van der Waals surface area contributed by atoms with E-state index in [4.69, 9.17) is 20.4 Å². The van der Waals surface area contributed by atoms with Crippen molar-refractivity contribution in [2.75, 3.05) is 45.8 Å². The van der Waals surface area contributed by atoms with Crippen LogP contribution in [-0.4, -0.2) is 106 Å². The number of nitriles is 1. The lowest BCUT2D eigenvalue weighted by atomic mass is 9.93. The van der Waals surface area contributed by atoms with Crippen LogP contribution in [-0.2, 0) is 21.9 Å². The van der Waals surface area contributed by atoms with Gasteiger partial charge in [-0.15, -0.1) is 0 Å². The number of aliphatic hydroxyl groups is 1. The molecule has 1 N–H and O–H groups in total. The van der Waals surface area contributed by atoms with E-state index in [1.165, 1.54) is 15.9 Å². The molecule has 12 nitrogen and oxygen atoms in total. The zero-order valence-electron chi connectivity index (χ0n) is 35.2. The molecule has 6 aliphatic rings. The number of furan rings is 2. The average molecular weight is 930 g/mol. The van der Waals surface area contributed by atoms with Crippen molar-refractivity contribution < 1.29 is 59.5 Å². The van der Waals surface area contributed by atoms with Gasteiger partial charge in [0.05, 0.1) is 22.3 Å². The van der Waals surface area contributed by atoms with Crippen LogP contribution in [0.3, 0.4) is 0 Å². The number of fused-ring (bicyclic) bond motifs is 2. The monoisotopic (exact) mass is 929 g/mol. The summed E-state index contributed by atoms with van der Waals surface area (Å²) in [5, 5.41) is 19.1. The van der Waals surface area contributed by atoms with Crippen molar-refractivity contribution in [3.05, 3.63) is 68.6 Å². The standard InChI is InChI=1S/C23H24ClF3N2O3.C23H22F3N3O4/c24-19-16-11-14(13-5-6-13)12-17(23(25,26)27)20(16)32-21(19)22(31)28-8-7-18(30)29(10-9-28)15-3-1-2-4-15;24-23(25,26)18-8-14(12-1-2-12)7-16-17(9-27)20(33-19(16)18)22(32)28-5-3-13(4-6-28)21(31)29-10-15(30)11-29/h11-13,15H,1-10H2;7-8,12-13,15,30H,1-6,10-11H2. The summed E-state index contributed by atoms with van der Waals surface area (Å²) in [5.41, 5.74) is -1.90. The zero-order valence-corrected chi connectivity index (χ0v) is 36.0. The molecule has 6 fully saturated rings. The Hall–Kier alpha value is -5.28. The van der Waals surface area contributed by atoms with Gasteiger partial charge >= 0.3 is 12.4 Å². The molecule has 65 heavy (non-hydrogen) atoms. The van der Waals surface area contributed by atoms with Crippen molar-refractivity contribution >= 4 is 57.2 Å². The van der Waals surface area contributed by atoms with E-state index in [9.17, 15) is 55.9 Å². The molecule has 4 amide bonds. The van der Waals surface area contributed by atoms with Crippen molar-refractivity contribution in [2.24, 2.45) is 5.92 Å². The third-order valence-electron chi connectivity index (χ3n) is 13.7. The highest BCUT2D eigenvalue weighted by molar-refractivity contribution is 6.38. The van der Waals surface area contributed by atoms with Crippen LogP contribution in [0.4, 0.5) is 26.3 Å². The Kier molecular flexibility index (Phi) is 11.9. The summed E-state index contributed by atoms with van der Waals surface area (Å²) in [6.07, 6.45) is -1.43. The van der Waals surface area contributed by atoms with Crippen molar-refractivity contribution in [1.29, 1.82) is 5.26 Å². The second kappa shape index (κ2) is 17.2. The van der Waals surface area contributed by atoms with Crippen LogP contribution in [0, 0.1) is 17.2 Å². The second-order valence-electron chi connectivity index (χ2n) is 18.1. The number of hydrogen-bond acceptors (Lipinski definition) is 8. The largest absolute Gasteiger partial charge is 0.449 e. The number of nitrogens with zero attached hydrogens (tertiary/aromatic N) is 5. The Balaban J connectivity index is 0.000000164. The number of carbonyl (C=O) groups is 4. The first-order valence-corrected chi connectivity index (χ1v) is 22.5. The van der Waals surface area contributed by atoms with Gasteiger partial charge in [-0.3, -0.25) is 19.2 Å². The van der Waals surface area contributed by atoms with Crippen LogP contribution in [0.5, 0.6) is 0 Å². The number of carbonyl (C=O) groups excluding carboxylic acids is 4. The number of amides is 4. The molecule has 0 radical (unpaired) electrons. The number of aliphatic hydroxyl groups excluding tert-OH is 1. The van der Waals surface area contributed by atoms with E-state index in [-0.39, 0.29) is 94.5 Å². The SMILES string of the molecule is N#Cc1c(C(=O)N2CCC(C(=O)N3CC(O)C3)CC2)oc2c(C(F)(F)F)cc(C3CC3)cc12.O=C(c1oc2c(C(F)(F)F)cc(C3CC3)cc2c1Cl)N1CCC(=O)N(C2CCCC2)CC1. The first-order valence-electron chi connectivity index (χ1n) is 22.2. The average Bonchev–Trinajstić information content (AvgIpc) is 4.19. The highest BCUT2D eigenvalue weighted by Crippen LogP contribution is 2.48. The molecule has 2 aromatic heterocycles. The van der Waals surface area contributed by atoms with Crippen molar-refractivity contribution in [3.8, 4) is 6.07 Å². The molecule has 5 heterocycles. The first-order chi connectivity index (χ1) is 30.9. The highest BCUT2D eigenvalue weighted by atomic mass is 35.5. The van der Waals surface area contributed by atoms with E-state index in [0.29, 0.717) is 50.1 Å². The Morgan fingerprint density at radius 2 is 1.22 bits per heavy atom. The lowest BCUT2D eigenvalue weighted by Gasteiger charge is -2.40. The molecule has 0 bridgehead atoms. The molecule has 3 saturated carbocycles. The van der Waals surface area contributed by atoms with E-state index in [1.807, 2.05) is 11.0 Å². The highest BCUT2D eigenvalue weighted by Gasteiger charge is 2.42. The summed E-state index contributed by atoms with van der Waals surface area (Å²) >= 11 is 6.41. The van der Waals surface area contributed by atoms with Gasteiger partial charge in [0, 0.05) is 75.0 Å². The minimum absolute atomic E-state index is 0.0105. The predicted molar refractivity (Wildman–Crippen MR) is 222 cm³/mol. The summed E-state index contributed by atoms with van der Waals surface area (Å²) in [7, 11) is 0. The second-order valence-corrected chi connectivity index (χ2v) is 18.5. The molecular formula is C46H46ClF6N5O7. The first kappa shape index (κ1) is 44.9. The molecule has 2 aromatic carbocycles. The summed E-state index contributed by atoms with van der Waals surface area (Å²) in [5.74, 6) is -2.10. The van der Waals surface area contributed by atoms with Crippen LogP contribution in [0.25, 0.3) is 21.9 Å². The number of hydrogen-bond donors (Lipinski definition) is 1. The van der Waals surface area contributed by atoms with Crippen molar-refractivity contribution in [2.45, 2.75) is 107 Å². The number of piperidine rings is 1. The number of β-amino-alcohol motifs (C(OH)–C–C–N with tert-alkyl or cyclic N) is 1. The van der Waals surface area contributed by atoms with Crippen LogP contribution in [0.1, 0.15) is 131 Å². The molecule has 3 saturated heterocycles. The Labute approximate surface area is 374 Å². The number of halogens is 7. The summed E-state index contributed by atoms with van der Waals surface area (Å²) in [6, 6.07) is 7.40. The fourth-order valence-corrected chi connectivity index (χ4v) is 9.95. The molecule has 3 aliphatic carbocycles. The number of rotatable bonds is 6. The number of benzene rings is 2. The van der Waals surface area contributed by atoms with Crippen LogP contribution in [0.15, 0.2) is 33.1 Å². The van der Waals surface area contributed by atoms with E-state index >= 15 is 0 Å². The number of alkyl halides is 6. The lowest BCUT2D eigenvalue weighted by molar-refractivity contribution is -0.147. The Bertz CT molecular complexity index is 2590. The third-order valence-corrected chi connectivity index (χ3v) is 14.0. The van der Waals surface area contributed by atoms with Gasteiger partial charge in [0.2, 0.25) is 23.3 Å². The Morgan fingerprint density at radius 1 is 0.692 bits per heavy atom. The minimum Gasteiger partial charge on any atom is -0.449 e. The lowest BCUT2D eigenvalue weighted by Crippen LogP contribution is -2.56. The van der Waals surface area contributed by atoms with Crippen molar-refractivity contribution in [3.63, 3.8) is 0 Å². The normalized spacial score (nSPS) is 20.5. The van der Waals surface area contributed by atoms with Crippen LogP contribution in [0.2, 0.25) is 5.02 Å². The zero-order chi connectivity index (χ0) is 46.1. The number of likely N-dealkylation sites (tertiary alicyclic amines) is 2. The van der Waals surface area contributed by atoms with Crippen LogP contribution >= 0.6 is 11.6 Å². The minimum atomic E-state index is -4.68. The summed E-state index contributed by atoms with van der Waals surface area (Å²) in [4.78, 5) is 57.7. The van der Waals surface area contributed by atoms with E-state index < -0.39 is 52.6 Å². The maximum absolute atomic E-state index is 13.7. The smallest absolute Gasteiger partial charge is 0.420 e. The maximum atomic E-state index is 13.7. The van der Waals surface area contributed by atoms with Crippen molar-refractivity contribution in [1.82, 2.24) is 19.6 Å². The van der Waals surface area contributed by atoms with Gasteiger partial charge in [-0.25, -0.2) is 0 Å². The van der Waals surface area contributed by atoms with E-state index in [1.54, 1.807) is 11.0 Å². The maximum Gasteiger partial charge on any atom is 0.420 e. The van der Waals surface area contributed by atoms with E-state index in [2.05, 4.69) is 0 Å². The quantitative estimate of drug-likeness (QED) is 0.189. The van der Waals surface area contributed by atoms with Crippen LogP contribution < -0.4 is 0 Å². The van der Waals surface area contributed by atoms with Gasteiger partial charge < -0.3 is 33.5 Å². The molecule has 0 spiro atoms. The van der Waals surface area contributed by atoms with E-state index in [0.717, 1.165) is 63.5 Å². The third kappa shape index (κ3) is 8.90. The molecule has 346 valence electrons. The van der Waals surface area contributed by atoms with Gasteiger partial charge in [0.15, 0.2) is 0 Å². The Morgan fingerprint density at radius 3 is 1.75 bits per heavy atom. The molecule has 3 aliphatic heterocycles. The molecule has 0 unspecified atom stereocenters. The fourth-order valence-electron chi connectivity index (χ4n) is 9.70. The fraction of sp³-hybridized carbons (Fsp3) is 0.543. The molecule has 0 atom stereocenters. The molecular weight excluding hydrogens is 884 g/mol. The molecule has 4 aromatic rings. The predicted octanol–water partition coefficient (Wildman–Crippen LogP) is 8.86. The topological polar surface area (TPSA) is 152 Å². The molecule has 10 rings (SSSR count). The molecule has 19 heteroatoms. The summed E-state index contributed by atoms with van der Waals surface area (Å²) < 4.78 is 93.3.